The highest BCUT2D eigenvalue weighted by atomic mass is 35.5. The molecule has 32 heavy (non-hydrogen) atoms. The molecule has 0 spiro atoms. The summed E-state index contributed by atoms with van der Waals surface area (Å²) in [5.74, 6) is 1.34. The van der Waals surface area contributed by atoms with Crippen molar-refractivity contribution < 1.29 is 4.79 Å². The van der Waals surface area contributed by atoms with Gasteiger partial charge in [0.15, 0.2) is 0 Å². The van der Waals surface area contributed by atoms with E-state index in [0.717, 1.165) is 49.0 Å². The number of hydrogen-bond acceptors (Lipinski definition) is 6. The van der Waals surface area contributed by atoms with Crippen LogP contribution in [0.2, 0.25) is 5.02 Å². The number of nitrogens with one attached hydrogen (secondary N) is 1. The van der Waals surface area contributed by atoms with Crippen molar-refractivity contribution in [3.8, 4) is 0 Å². The number of piperazine rings is 1. The molecule has 0 saturated carbocycles. The average molecular weight is 455 g/mol. The van der Waals surface area contributed by atoms with E-state index in [9.17, 15) is 4.79 Å². The van der Waals surface area contributed by atoms with Gasteiger partial charge < -0.3 is 9.80 Å². The van der Waals surface area contributed by atoms with E-state index in [1.54, 1.807) is 12.3 Å². The molecule has 5 rings (SSSR count). The van der Waals surface area contributed by atoms with Crippen LogP contribution >= 0.6 is 11.6 Å². The predicted molar refractivity (Wildman–Crippen MR) is 128 cm³/mol. The second-order valence-electron chi connectivity index (χ2n) is 8.16. The van der Waals surface area contributed by atoms with Gasteiger partial charge in [0, 0.05) is 51.4 Å². The molecule has 0 aliphatic carbocycles. The van der Waals surface area contributed by atoms with Crippen molar-refractivity contribution in [2.45, 2.75) is 38.8 Å². The molecular formula is C24H31ClN6O. The van der Waals surface area contributed by atoms with Gasteiger partial charge in [0.05, 0.1) is 28.5 Å². The Balaban J connectivity index is 0.00000119. The molecule has 3 aromatic heterocycles. The third kappa shape index (κ3) is 4.65. The van der Waals surface area contributed by atoms with E-state index in [0.29, 0.717) is 17.9 Å². The number of carbonyl (C=O) groups is 1. The maximum Gasteiger partial charge on any atom is 0.138 e. The number of carbonyl (C=O) groups excluding carboxylic acids is 1. The Kier molecular flexibility index (Phi) is 7.08. The summed E-state index contributed by atoms with van der Waals surface area (Å²) in [7, 11) is 2.16. The number of fused-ring (bicyclic) bond motifs is 1. The van der Waals surface area contributed by atoms with E-state index in [2.05, 4.69) is 49.9 Å². The molecule has 5 heterocycles. The number of hydrogen-bond donors (Lipinski definition) is 1. The van der Waals surface area contributed by atoms with Crippen molar-refractivity contribution in [2.75, 3.05) is 38.1 Å². The van der Waals surface area contributed by atoms with Gasteiger partial charge in [0.1, 0.15) is 17.2 Å². The zero-order valence-corrected chi connectivity index (χ0v) is 19.7. The number of halogens is 1. The van der Waals surface area contributed by atoms with Gasteiger partial charge >= 0.3 is 0 Å². The highest BCUT2D eigenvalue weighted by Gasteiger charge is 2.32. The number of piperidine rings is 1. The number of ketones is 1. The number of pyridine rings is 2. The number of anilines is 1. The molecule has 0 aromatic carbocycles. The number of Topliss-reactive ketones (excluding diaryl/α,β-unsaturated/α-hetero) is 1. The first-order valence-electron chi connectivity index (χ1n) is 11.4. The molecule has 2 saturated heterocycles. The predicted octanol–water partition coefficient (Wildman–Crippen LogP) is 3.90. The van der Waals surface area contributed by atoms with Crippen LogP contribution < -0.4 is 10.2 Å². The summed E-state index contributed by atoms with van der Waals surface area (Å²) in [4.78, 5) is 26.5. The lowest BCUT2D eigenvalue weighted by molar-refractivity contribution is -0.121. The first-order valence-corrected chi connectivity index (χ1v) is 11.8. The van der Waals surface area contributed by atoms with E-state index in [-0.39, 0.29) is 17.9 Å². The van der Waals surface area contributed by atoms with E-state index >= 15 is 0 Å². The normalized spacial score (nSPS) is 22.0. The van der Waals surface area contributed by atoms with Gasteiger partial charge in [-0.3, -0.25) is 19.5 Å². The van der Waals surface area contributed by atoms with Crippen molar-refractivity contribution in [1.82, 2.24) is 24.6 Å². The number of rotatable bonds is 3. The molecule has 2 aliphatic rings. The first-order chi connectivity index (χ1) is 15.6. The molecule has 0 bridgehead atoms. The summed E-state index contributed by atoms with van der Waals surface area (Å²) < 4.78 is 2.14. The Hall–Kier alpha value is -2.48. The van der Waals surface area contributed by atoms with E-state index in [1.807, 2.05) is 26.0 Å². The van der Waals surface area contributed by atoms with Gasteiger partial charge in [-0.05, 0) is 31.3 Å². The molecule has 8 heteroatoms. The van der Waals surface area contributed by atoms with Crippen molar-refractivity contribution in [1.29, 1.82) is 0 Å². The van der Waals surface area contributed by atoms with Gasteiger partial charge in [-0.1, -0.05) is 31.5 Å². The molecule has 170 valence electrons. The summed E-state index contributed by atoms with van der Waals surface area (Å²) in [6.45, 7) is 8.07. The van der Waals surface area contributed by atoms with Crippen LogP contribution in [0.5, 0.6) is 0 Å². The Morgan fingerprint density at radius 3 is 2.53 bits per heavy atom. The van der Waals surface area contributed by atoms with Crippen molar-refractivity contribution in [2.24, 2.45) is 0 Å². The highest BCUT2D eigenvalue weighted by Crippen LogP contribution is 2.33. The maximum atomic E-state index is 12.5. The molecule has 1 N–H and O–H groups in total. The lowest BCUT2D eigenvalue weighted by Gasteiger charge is -2.34. The Morgan fingerprint density at radius 2 is 1.78 bits per heavy atom. The third-order valence-electron chi connectivity index (χ3n) is 6.06. The molecule has 0 radical (unpaired) electrons. The summed E-state index contributed by atoms with van der Waals surface area (Å²) >= 11 is 6.34. The summed E-state index contributed by atoms with van der Waals surface area (Å²) in [6, 6.07) is 9.46. The van der Waals surface area contributed by atoms with Crippen molar-refractivity contribution in [3.63, 3.8) is 0 Å². The quantitative estimate of drug-likeness (QED) is 0.647. The molecule has 2 unspecified atom stereocenters. The van der Waals surface area contributed by atoms with Crippen LogP contribution in [-0.2, 0) is 4.79 Å². The zero-order valence-electron chi connectivity index (χ0n) is 19.0. The maximum absolute atomic E-state index is 12.5. The van der Waals surface area contributed by atoms with Crippen LogP contribution in [0.15, 0.2) is 42.7 Å². The standard InChI is InChI=1S/C22H25ClN6O.C2H6/c1-27-8-10-28(11-9-27)21-6-2-5-20-26-19(14-29(20)21)17-12-15(30)13-18(25-17)22-16(23)4-3-7-24-22;1-2/h2-7,14,17-18,25H,8-13H2,1H3;1-2H3. The van der Waals surface area contributed by atoms with Gasteiger partial charge in [-0.25, -0.2) is 4.98 Å². The minimum absolute atomic E-state index is 0.158. The molecule has 2 atom stereocenters. The summed E-state index contributed by atoms with van der Waals surface area (Å²) in [5.41, 5.74) is 2.49. The van der Waals surface area contributed by atoms with Crippen LogP contribution in [0.4, 0.5) is 5.82 Å². The van der Waals surface area contributed by atoms with Crippen LogP contribution in [0, 0.1) is 0 Å². The lowest BCUT2D eigenvalue weighted by Crippen LogP contribution is -2.45. The second-order valence-corrected chi connectivity index (χ2v) is 8.56. The Morgan fingerprint density at radius 1 is 1.03 bits per heavy atom. The topological polar surface area (TPSA) is 65.8 Å². The number of aromatic nitrogens is 3. The monoisotopic (exact) mass is 454 g/mol. The Labute approximate surface area is 194 Å². The summed E-state index contributed by atoms with van der Waals surface area (Å²) in [6.07, 6.45) is 4.60. The fraction of sp³-hybridized carbons (Fsp3) is 0.458. The number of imidazole rings is 1. The molecule has 3 aromatic rings. The van der Waals surface area contributed by atoms with Crippen LogP contribution in [-0.4, -0.2) is 58.3 Å². The molecule has 2 fully saturated rings. The fourth-order valence-corrected chi connectivity index (χ4v) is 4.65. The number of nitrogens with zero attached hydrogens (tertiary/aromatic N) is 5. The SMILES string of the molecule is CC.CN1CCN(c2cccc3nc(C4CC(=O)CC(c5ncccc5Cl)N4)cn23)CC1. The van der Waals surface area contributed by atoms with Crippen LogP contribution in [0.1, 0.15) is 50.2 Å². The van der Waals surface area contributed by atoms with Gasteiger partial charge in [0.2, 0.25) is 0 Å². The molecule has 2 aliphatic heterocycles. The molecule has 7 nitrogen and oxygen atoms in total. The molecular weight excluding hydrogens is 424 g/mol. The van der Waals surface area contributed by atoms with Gasteiger partial charge in [-0.2, -0.15) is 0 Å². The minimum atomic E-state index is -0.202. The van der Waals surface area contributed by atoms with E-state index < -0.39 is 0 Å². The fourth-order valence-electron chi connectivity index (χ4n) is 4.40. The van der Waals surface area contributed by atoms with Crippen molar-refractivity contribution in [3.05, 3.63) is 59.1 Å². The van der Waals surface area contributed by atoms with E-state index in [4.69, 9.17) is 16.6 Å². The lowest BCUT2D eigenvalue weighted by atomic mass is 9.93. The van der Waals surface area contributed by atoms with E-state index in [1.165, 1.54) is 0 Å². The van der Waals surface area contributed by atoms with Crippen LogP contribution in [0.3, 0.4) is 0 Å². The second kappa shape index (κ2) is 9.98. The summed E-state index contributed by atoms with van der Waals surface area (Å²) in [5, 5.41) is 4.14. The molecule has 0 amide bonds. The zero-order chi connectivity index (χ0) is 22.7. The minimum Gasteiger partial charge on any atom is -0.355 e. The average Bonchev–Trinajstić information content (AvgIpc) is 3.26. The van der Waals surface area contributed by atoms with Gasteiger partial charge in [-0.15, -0.1) is 0 Å². The first kappa shape index (κ1) is 22.7. The highest BCUT2D eigenvalue weighted by molar-refractivity contribution is 6.31. The van der Waals surface area contributed by atoms with Crippen molar-refractivity contribution >= 4 is 28.8 Å². The largest absolute Gasteiger partial charge is 0.355 e. The Bertz CT molecular complexity index is 1080. The number of likely N-dealkylation sites (N-methyl/N-ethyl adjacent to an activating group) is 1. The van der Waals surface area contributed by atoms with Crippen LogP contribution in [0.25, 0.3) is 5.65 Å². The van der Waals surface area contributed by atoms with Gasteiger partial charge in [0.25, 0.3) is 0 Å². The smallest absolute Gasteiger partial charge is 0.138 e. The third-order valence-corrected chi connectivity index (χ3v) is 6.38.